The van der Waals surface area contributed by atoms with Crippen LogP contribution >= 0.6 is 0 Å². The molecular weight excluding hydrogens is 134 g/mol. The second-order valence-corrected chi connectivity index (χ2v) is 3.78. The molecule has 1 aliphatic rings. The lowest BCUT2D eigenvalue weighted by atomic mass is 9.95. The van der Waals surface area contributed by atoms with E-state index >= 15 is 0 Å². The van der Waals surface area contributed by atoms with E-state index < -0.39 is 0 Å². The van der Waals surface area contributed by atoms with Crippen LogP contribution in [-0.2, 0) is 0 Å². The average Bonchev–Trinajstić information content (AvgIpc) is 1.85. The van der Waals surface area contributed by atoms with Crippen LogP contribution < -0.4 is 0 Å². The number of hydrogen-bond acceptors (Lipinski definition) is 1. The Morgan fingerprint density at radius 1 is 1.55 bits per heavy atom. The quantitative estimate of drug-likeness (QED) is 0.546. The minimum Gasteiger partial charge on any atom is -0.265 e. The Bertz CT molecular complexity index is 199. The van der Waals surface area contributed by atoms with Gasteiger partial charge in [-0.2, -0.15) is 0 Å². The number of hydrogen-bond donors (Lipinski definition) is 0. The Hall–Kier alpha value is -0.590. The van der Waals surface area contributed by atoms with Gasteiger partial charge in [0.25, 0.3) is 0 Å². The van der Waals surface area contributed by atoms with Gasteiger partial charge in [0.15, 0.2) is 0 Å². The summed E-state index contributed by atoms with van der Waals surface area (Å²) in [6.07, 6.45) is 3.26. The van der Waals surface area contributed by atoms with Crippen LogP contribution in [0.25, 0.3) is 0 Å². The van der Waals surface area contributed by atoms with Gasteiger partial charge in [0.05, 0.1) is 0 Å². The molecule has 1 nitrogen and oxygen atoms in total. The topological polar surface area (TPSA) is 12.4 Å². The average molecular weight is 151 g/mol. The molecule has 1 aliphatic heterocycles. The number of allylic oxidation sites excluding steroid dienone is 2. The second-order valence-electron chi connectivity index (χ2n) is 3.78. The molecule has 0 aliphatic carbocycles. The fourth-order valence-corrected chi connectivity index (χ4v) is 1.60. The molecule has 0 aromatic heterocycles. The van der Waals surface area contributed by atoms with Crippen molar-refractivity contribution in [2.75, 3.05) is 0 Å². The SMILES string of the molecule is CC1=C(C(C)C)N=CC(C)C1. The summed E-state index contributed by atoms with van der Waals surface area (Å²) < 4.78 is 0. The summed E-state index contributed by atoms with van der Waals surface area (Å²) in [7, 11) is 0. The summed E-state index contributed by atoms with van der Waals surface area (Å²) in [5.74, 6) is 1.22. The van der Waals surface area contributed by atoms with E-state index in [2.05, 4.69) is 38.9 Å². The lowest BCUT2D eigenvalue weighted by Crippen LogP contribution is -2.07. The van der Waals surface area contributed by atoms with Crippen LogP contribution in [0.15, 0.2) is 16.3 Å². The summed E-state index contributed by atoms with van der Waals surface area (Å²) >= 11 is 0. The maximum Gasteiger partial charge on any atom is 0.0414 e. The normalized spacial score (nSPS) is 25.0. The highest BCUT2D eigenvalue weighted by Crippen LogP contribution is 2.24. The lowest BCUT2D eigenvalue weighted by Gasteiger charge is -2.18. The third kappa shape index (κ3) is 1.92. The predicted octanol–water partition coefficient (Wildman–Crippen LogP) is 3.03. The van der Waals surface area contributed by atoms with E-state index in [0.29, 0.717) is 11.8 Å². The molecule has 1 atom stereocenters. The highest BCUT2D eigenvalue weighted by atomic mass is 14.8. The van der Waals surface area contributed by atoms with E-state index in [0.717, 1.165) is 0 Å². The largest absolute Gasteiger partial charge is 0.265 e. The maximum atomic E-state index is 4.45. The Kier molecular flexibility index (Phi) is 2.48. The molecule has 0 aromatic carbocycles. The monoisotopic (exact) mass is 151 g/mol. The summed E-state index contributed by atoms with van der Waals surface area (Å²) in [5, 5.41) is 0. The summed E-state index contributed by atoms with van der Waals surface area (Å²) in [5.41, 5.74) is 2.76. The number of aliphatic imine (C=N–C) groups is 1. The molecule has 62 valence electrons. The van der Waals surface area contributed by atoms with Gasteiger partial charge in [0.2, 0.25) is 0 Å². The molecule has 0 saturated carbocycles. The van der Waals surface area contributed by atoms with Crippen LogP contribution in [0.2, 0.25) is 0 Å². The van der Waals surface area contributed by atoms with Crippen molar-refractivity contribution in [3.63, 3.8) is 0 Å². The molecule has 0 fully saturated rings. The van der Waals surface area contributed by atoms with Crippen molar-refractivity contribution in [2.45, 2.75) is 34.1 Å². The van der Waals surface area contributed by atoms with Crippen LogP contribution in [0, 0.1) is 11.8 Å². The van der Waals surface area contributed by atoms with Gasteiger partial charge in [-0.1, -0.05) is 26.3 Å². The van der Waals surface area contributed by atoms with Crippen LogP contribution in [0.3, 0.4) is 0 Å². The number of rotatable bonds is 1. The third-order valence-corrected chi connectivity index (χ3v) is 2.08. The maximum absolute atomic E-state index is 4.45. The molecule has 0 spiro atoms. The van der Waals surface area contributed by atoms with Crippen molar-refractivity contribution < 1.29 is 0 Å². The summed E-state index contributed by atoms with van der Waals surface area (Å²) in [6, 6.07) is 0. The van der Waals surface area contributed by atoms with Gasteiger partial charge in [-0.25, -0.2) is 0 Å². The van der Waals surface area contributed by atoms with Gasteiger partial charge < -0.3 is 0 Å². The van der Waals surface area contributed by atoms with Crippen LogP contribution in [-0.4, -0.2) is 6.21 Å². The molecule has 0 bridgehead atoms. The first-order valence-electron chi connectivity index (χ1n) is 4.35. The van der Waals surface area contributed by atoms with Gasteiger partial charge >= 0.3 is 0 Å². The first-order chi connectivity index (χ1) is 5.11. The highest BCUT2D eigenvalue weighted by Gasteiger charge is 2.12. The Labute approximate surface area is 69.2 Å². The molecule has 11 heavy (non-hydrogen) atoms. The summed E-state index contributed by atoms with van der Waals surface area (Å²) in [6.45, 7) is 8.81. The Balaban J connectivity index is 2.80. The molecule has 0 amide bonds. The van der Waals surface area contributed by atoms with Gasteiger partial charge in [0, 0.05) is 11.9 Å². The molecule has 1 heterocycles. The van der Waals surface area contributed by atoms with Crippen LogP contribution in [0.4, 0.5) is 0 Å². The smallest absolute Gasteiger partial charge is 0.0414 e. The van der Waals surface area contributed by atoms with Crippen molar-refractivity contribution in [1.29, 1.82) is 0 Å². The molecule has 1 heteroatoms. The van der Waals surface area contributed by atoms with E-state index in [-0.39, 0.29) is 0 Å². The molecule has 0 aromatic rings. The highest BCUT2D eigenvalue weighted by molar-refractivity contribution is 5.64. The van der Waals surface area contributed by atoms with Gasteiger partial charge in [-0.05, 0) is 25.2 Å². The summed E-state index contributed by atoms with van der Waals surface area (Å²) in [4.78, 5) is 4.45. The van der Waals surface area contributed by atoms with Crippen molar-refractivity contribution in [3.8, 4) is 0 Å². The van der Waals surface area contributed by atoms with E-state index in [1.165, 1.54) is 17.7 Å². The van der Waals surface area contributed by atoms with E-state index in [1.54, 1.807) is 0 Å². The number of nitrogens with zero attached hydrogens (tertiary/aromatic N) is 1. The first-order valence-corrected chi connectivity index (χ1v) is 4.35. The van der Waals surface area contributed by atoms with Crippen molar-refractivity contribution in [2.24, 2.45) is 16.8 Å². The van der Waals surface area contributed by atoms with Crippen molar-refractivity contribution >= 4 is 6.21 Å². The zero-order valence-electron chi connectivity index (χ0n) is 7.89. The zero-order valence-corrected chi connectivity index (χ0v) is 7.89. The fourth-order valence-electron chi connectivity index (χ4n) is 1.60. The van der Waals surface area contributed by atoms with Gasteiger partial charge in [0.1, 0.15) is 0 Å². The van der Waals surface area contributed by atoms with Gasteiger partial charge in [-0.15, -0.1) is 0 Å². The standard InChI is InChI=1S/C10H17N/c1-7(2)10-9(4)5-8(3)6-11-10/h6-8H,5H2,1-4H3. The van der Waals surface area contributed by atoms with E-state index in [9.17, 15) is 0 Å². The Morgan fingerprint density at radius 3 is 2.64 bits per heavy atom. The molecule has 0 N–H and O–H groups in total. The van der Waals surface area contributed by atoms with E-state index in [1.807, 2.05) is 0 Å². The minimum absolute atomic E-state index is 0.582. The first kappa shape index (κ1) is 8.51. The molecule has 0 saturated heterocycles. The van der Waals surface area contributed by atoms with Crippen molar-refractivity contribution in [1.82, 2.24) is 0 Å². The van der Waals surface area contributed by atoms with E-state index in [4.69, 9.17) is 0 Å². The predicted molar refractivity (Wildman–Crippen MR) is 49.8 cm³/mol. The fraction of sp³-hybridized carbons (Fsp3) is 0.700. The van der Waals surface area contributed by atoms with Crippen molar-refractivity contribution in [3.05, 3.63) is 11.3 Å². The zero-order chi connectivity index (χ0) is 8.43. The molecular formula is C10H17N. The third-order valence-electron chi connectivity index (χ3n) is 2.08. The van der Waals surface area contributed by atoms with Gasteiger partial charge in [-0.3, -0.25) is 4.99 Å². The molecule has 1 unspecified atom stereocenters. The lowest BCUT2D eigenvalue weighted by molar-refractivity contribution is 0.677. The molecule has 1 rings (SSSR count). The molecule has 0 radical (unpaired) electrons. The Morgan fingerprint density at radius 2 is 2.18 bits per heavy atom. The van der Waals surface area contributed by atoms with Crippen LogP contribution in [0.1, 0.15) is 34.1 Å². The minimum atomic E-state index is 0.582. The second kappa shape index (κ2) is 3.21. The van der Waals surface area contributed by atoms with Crippen LogP contribution in [0.5, 0.6) is 0 Å².